The van der Waals surface area contributed by atoms with E-state index in [1.165, 1.54) is 12.1 Å². The van der Waals surface area contributed by atoms with Crippen LogP contribution < -0.4 is 0 Å². The van der Waals surface area contributed by atoms with Crippen molar-refractivity contribution in [1.82, 2.24) is 14.5 Å². The number of benzene rings is 3. The molecule has 0 aliphatic heterocycles. The zero-order valence-electron chi connectivity index (χ0n) is 21.6. The number of imidazole rings is 1. The Hall–Kier alpha value is -3.15. The van der Waals surface area contributed by atoms with Gasteiger partial charge in [0.05, 0.1) is 11.4 Å². The molecule has 0 bridgehead atoms. The van der Waals surface area contributed by atoms with Crippen molar-refractivity contribution in [3.63, 3.8) is 0 Å². The lowest BCUT2D eigenvalue weighted by Gasteiger charge is -2.25. The Morgan fingerprint density at radius 2 is 1.62 bits per heavy atom. The third kappa shape index (κ3) is 6.79. The molecule has 0 radical (unpaired) electrons. The average Bonchev–Trinajstić information content (AvgIpc) is 3.26. The fourth-order valence-electron chi connectivity index (χ4n) is 4.56. The Morgan fingerprint density at radius 3 is 2.30 bits per heavy atom. The summed E-state index contributed by atoms with van der Waals surface area (Å²) in [5.74, 6) is 0.838. The van der Waals surface area contributed by atoms with Crippen LogP contribution in [0.2, 0.25) is 5.02 Å². The van der Waals surface area contributed by atoms with Crippen molar-refractivity contribution in [2.45, 2.75) is 59.2 Å². The van der Waals surface area contributed by atoms with Gasteiger partial charge in [-0.2, -0.15) is 0 Å². The van der Waals surface area contributed by atoms with E-state index in [9.17, 15) is 9.50 Å². The second-order valence-electron chi connectivity index (χ2n) is 9.45. The molecule has 1 heterocycles. The van der Waals surface area contributed by atoms with Gasteiger partial charge >= 0.3 is 0 Å². The lowest BCUT2D eigenvalue weighted by atomic mass is 10.1. The van der Waals surface area contributed by atoms with Crippen molar-refractivity contribution in [2.75, 3.05) is 6.54 Å². The van der Waals surface area contributed by atoms with Gasteiger partial charge in [0, 0.05) is 35.8 Å². The Bertz CT molecular complexity index is 1290. The number of aromatic hydroxyl groups is 1. The number of unbranched alkanes of at least 4 members (excludes halogenated alkanes) is 2. The van der Waals surface area contributed by atoms with Gasteiger partial charge in [0.15, 0.2) is 0 Å². The summed E-state index contributed by atoms with van der Waals surface area (Å²) < 4.78 is 16.2. The maximum Gasteiger partial charge on any atom is 0.140 e. The number of phenols is 1. The molecule has 1 aromatic heterocycles. The zero-order chi connectivity index (χ0) is 26.2. The molecule has 194 valence electrons. The first-order valence-corrected chi connectivity index (χ1v) is 13.5. The van der Waals surface area contributed by atoms with Crippen molar-refractivity contribution in [3.05, 3.63) is 94.9 Å². The van der Waals surface area contributed by atoms with Crippen LogP contribution in [0.4, 0.5) is 4.39 Å². The standard InChI is InChI=1S/C31H35ClFN3O/c1-3-5-18-35(21-25-14-17-27(37)20-28(25)32)22-29-30(23-12-15-26(33)16-13-23)34-31(36(29)19-6-4-2)24-10-8-7-9-11-24/h7-17,20,37H,3-6,18-19,21-22H2,1-2H3. The van der Waals surface area contributed by atoms with Crippen molar-refractivity contribution in [3.8, 4) is 28.4 Å². The summed E-state index contributed by atoms with van der Waals surface area (Å²) in [6.45, 7) is 7.46. The summed E-state index contributed by atoms with van der Waals surface area (Å²) in [6, 6.07) is 22.1. The van der Waals surface area contributed by atoms with Crippen molar-refractivity contribution < 1.29 is 9.50 Å². The first-order valence-electron chi connectivity index (χ1n) is 13.1. The molecule has 0 unspecified atom stereocenters. The van der Waals surface area contributed by atoms with E-state index in [-0.39, 0.29) is 11.6 Å². The molecule has 4 rings (SSSR count). The smallest absolute Gasteiger partial charge is 0.140 e. The summed E-state index contributed by atoms with van der Waals surface area (Å²) in [4.78, 5) is 7.55. The van der Waals surface area contributed by atoms with Gasteiger partial charge in [-0.15, -0.1) is 0 Å². The van der Waals surface area contributed by atoms with E-state index in [1.54, 1.807) is 12.1 Å². The Balaban J connectivity index is 1.81. The minimum absolute atomic E-state index is 0.164. The molecule has 0 saturated carbocycles. The molecule has 6 heteroatoms. The molecule has 0 aliphatic rings. The SMILES string of the molecule is CCCCN(Cc1ccc(O)cc1Cl)Cc1c(-c2ccc(F)cc2)nc(-c2ccccc2)n1CCCC. The first-order chi connectivity index (χ1) is 18.0. The molecule has 1 N–H and O–H groups in total. The molecule has 37 heavy (non-hydrogen) atoms. The van der Waals surface area contributed by atoms with Crippen LogP contribution in [-0.2, 0) is 19.6 Å². The predicted octanol–water partition coefficient (Wildman–Crippen LogP) is 8.32. The van der Waals surface area contributed by atoms with E-state index in [1.807, 2.05) is 36.4 Å². The number of halogens is 2. The number of rotatable bonds is 12. The molecule has 0 amide bonds. The highest BCUT2D eigenvalue weighted by Gasteiger charge is 2.22. The second kappa shape index (κ2) is 12.9. The lowest BCUT2D eigenvalue weighted by Crippen LogP contribution is -2.26. The average molecular weight is 520 g/mol. The first kappa shape index (κ1) is 26.9. The molecule has 3 aromatic carbocycles. The summed E-state index contributed by atoms with van der Waals surface area (Å²) in [6.07, 6.45) is 4.23. The number of hydrogen-bond donors (Lipinski definition) is 1. The Kier molecular flexibility index (Phi) is 9.37. The van der Waals surface area contributed by atoms with Crippen LogP contribution in [0.1, 0.15) is 50.8 Å². The quantitative estimate of drug-likeness (QED) is 0.204. The number of aromatic nitrogens is 2. The number of phenolic OH excluding ortho intramolecular Hbond substituents is 1. The number of hydrogen-bond acceptors (Lipinski definition) is 3. The van der Waals surface area contributed by atoms with E-state index in [0.29, 0.717) is 18.1 Å². The molecule has 0 fully saturated rings. The molecule has 0 saturated heterocycles. The molecular weight excluding hydrogens is 485 g/mol. The normalized spacial score (nSPS) is 11.4. The van der Waals surface area contributed by atoms with Crippen LogP contribution in [0.15, 0.2) is 72.8 Å². The summed E-state index contributed by atoms with van der Waals surface area (Å²) in [5, 5.41) is 10.4. The van der Waals surface area contributed by atoms with Crippen LogP contribution in [0.25, 0.3) is 22.6 Å². The van der Waals surface area contributed by atoms with Crippen LogP contribution in [0.5, 0.6) is 5.75 Å². The summed E-state index contributed by atoms with van der Waals surface area (Å²) in [7, 11) is 0. The lowest BCUT2D eigenvalue weighted by molar-refractivity contribution is 0.246. The van der Waals surface area contributed by atoms with E-state index < -0.39 is 0 Å². The molecule has 0 atom stereocenters. The maximum absolute atomic E-state index is 13.8. The number of nitrogens with zero attached hydrogens (tertiary/aromatic N) is 3. The fraction of sp³-hybridized carbons (Fsp3) is 0.323. The van der Waals surface area contributed by atoms with E-state index in [4.69, 9.17) is 16.6 Å². The van der Waals surface area contributed by atoms with Crippen molar-refractivity contribution >= 4 is 11.6 Å². The minimum atomic E-state index is -0.259. The molecule has 4 nitrogen and oxygen atoms in total. The highest BCUT2D eigenvalue weighted by Crippen LogP contribution is 2.32. The van der Waals surface area contributed by atoms with Crippen LogP contribution in [-0.4, -0.2) is 26.1 Å². The maximum atomic E-state index is 13.8. The van der Waals surface area contributed by atoms with Gasteiger partial charge in [0.2, 0.25) is 0 Å². The highest BCUT2D eigenvalue weighted by molar-refractivity contribution is 6.31. The van der Waals surface area contributed by atoms with Gasteiger partial charge in [-0.25, -0.2) is 9.37 Å². The molecular formula is C31H35ClFN3O. The highest BCUT2D eigenvalue weighted by atomic mass is 35.5. The molecule has 0 spiro atoms. The summed E-state index contributed by atoms with van der Waals surface area (Å²) >= 11 is 6.50. The van der Waals surface area contributed by atoms with Gasteiger partial charge < -0.3 is 9.67 Å². The van der Waals surface area contributed by atoms with Gasteiger partial charge in [-0.3, -0.25) is 4.90 Å². The van der Waals surface area contributed by atoms with E-state index >= 15 is 0 Å². The van der Waals surface area contributed by atoms with E-state index in [0.717, 1.165) is 72.7 Å². The third-order valence-corrected chi connectivity index (χ3v) is 6.94. The third-order valence-electron chi connectivity index (χ3n) is 6.59. The largest absolute Gasteiger partial charge is 0.508 e. The van der Waals surface area contributed by atoms with Gasteiger partial charge in [-0.05, 0) is 61.3 Å². The van der Waals surface area contributed by atoms with Gasteiger partial charge in [-0.1, -0.05) is 74.7 Å². The summed E-state index contributed by atoms with van der Waals surface area (Å²) in [5.41, 5.74) is 4.94. The molecule has 0 aliphatic carbocycles. The predicted molar refractivity (Wildman–Crippen MR) is 150 cm³/mol. The van der Waals surface area contributed by atoms with Gasteiger partial charge in [0.25, 0.3) is 0 Å². The van der Waals surface area contributed by atoms with Crippen molar-refractivity contribution in [1.29, 1.82) is 0 Å². The van der Waals surface area contributed by atoms with Crippen LogP contribution in [0.3, 0.4) is 0 Å². The Labute approximate surface area is 224 Å². The van der Waals surface area contributed by atoms with E-state index in [2.05, 4.69) is 35.4 Å². The molecule has 4 aromatic rings. The monoisotopic (exact) mass is 519 g/mol. The minimum Gasteiger partial charge on any atom is -0.508 e. The zero-order valence-corrected chi connectivity index (χ0v) is 22.4. The van der Waals surface area contributed by atoms with Crippen molar-refractivity contribution in [2.24, 2.45) is 0 Å². The van der Waals surface area contributed by atoms with Crippen LogP contribution >= 0.6 is 11.6 Å². The second-order valence-corrected chi connectivity index (χ2v) is 9.86. The van der Waals surface area contributed by atoms with Crippen LogP contribution in [0, 0.1) is 5.82 Å². The topological polar surface area (TPSA) is 41.3 Å². The Morgan fingerprint density at radius 1 is 0.892 bits per heavy atom. The van der Waals surface area contributed by atoms with Gasteiger partial charge in [0.1, 0.15) is 17.4 Å². The fourth-order valence-corrected chi connectivity index (χ4v) is 4.80.